The van der Waals surface area contributed by atoms with Crippen molar-refractivity contribution in [2.45, 2.75) is 11.7 Å². The van der Waals surface area contributed by atoms with Gasteiger partial charge in [0.05, 0.1) is 7.11 Å². The molecule has 100 valence electrons. The van der Waals surface area contributed by atoms with E-state index in [0.717, 1.165) is 13.3 Å². The molecule has 0 aromatic carbocycles. The highest BCUT2D eigenvalue weighted by Crippen LogP contribution is 2.34. The van der Waals surface area contributed by atoms with Gasteiger partial charge in [-0.3, -0.25) is 0 Å². The molecule has 0 aliphatic heterocycles. The summed E-state index contributed by atoms with van der Waals surface area (Å²) in [4.78, 5) is 14.3. The van der Waals surface area contributed by atoms with Crippen LogP contribution in [0.25, 0.3) is 0 Å². The van der Waals surface area contributed by atoms with E-state index in [-0.39, 0.29) is 11.1 Å². The monoisotopic (exact) mass is 329 g/mol. The van der Waals surface area contributed by atoms with Crippen LogP contribution in [0.2, 0.25) is 0 Å². The molecular weight excluding hydrogens is 323 g/mol. The number of carboxylic acid groups (broad SMARTS) is 1. The molecule has 9 heteroatoms. The Kier molecular flexibility index (Phi) is 4.38. The van der Waals surface area contributed by atoms with Crippen molar-refractivity contribution in [2.75, 3.05) is 7.11 Å². The summed E-state index contributed by atoms with van der Waals surface area (Å²) in [5, 5.41) is 9.09. The summed E-state index contributed by atoms with van der Waals surface area (Å²) in [5.74, 6) is -2.91. The van der Waals surface area contributed by atoms with Crippen LogP contribution in [0.15, 0.2) is 6.20 Å². The number of hydrogen-bond acceptors (Lipinski definition) is 4. The predicted molar refractivity (Wildman–Crippen MR) is 57.1 cm³/mol. The Hall–Kier alpha value is -1.51. The third-order valence-corrected chi connectivity index (χ3v) is 2.45. The molecule has 1 aromatic heterocycles. The van der Waals surface area contributed by atoms with E-state index in [1.54, 1.807) is 0 Å². The Balaban J connectivity index is 3.39. The fourth-order valence-electron chi connectivity index (χ4n) is 1.22. The zero-order valence-corrected chi connectivity index (χ0v) is 10.5. The van der Waals surface area contributed by atoms with Gasteiger partial charge in [-0.05, 0) is 0 Å². The summed E-state index contributed by atoms with van der Waals surface area (Å²) in [6, 6.07) is 0. The summed E-state index contributed by atoms with van der Waals surface area (Å²) >= 11 is 3.04. The predicted octanol–water partition coefficient (Wildman–Crippen LogP) is 2.58. The Morgan fingerprint density at radius 1 is 1.56 bits per heavy atom. The summed E-state index contributed by atoms with van der Waals surface area (Å²) in [5.41, 5.74) is -0.476. The highest BCUT2D eigenvalue weighted by molar-refractivity contribution is 9.08. The van der Waals surface area contributed by atoms with Gasteiger partial charge < -0.3 is 14.6 Å². The van der Waals surface area contributed by atoms with Crippen LogP contribution in [0.3, 0.4) is 0 Å². The molecule has 0 aliphatic carbocycles. The zero-order chi connectivity index (χ0) is 13.9. The number of carbonyl (C=O) groups is 1. The molecule has 0 aliphatic rings. The van der Waals surface area contributed by atoms with Crippen LogP contribution >= 0.6 is 15.9 Å². The average molecular weight is 330 g/mol. The van der Waals surface area contributed by atoms with Gasteiger partial charge in [-0.25, -0.2) is 9.78 Å². The third kappa shape index (κ3) is 3.25. The molecule has 0 unspecified atom stereocenters. The number of aromatic nitrogens is 1. The summed E-state index contributed by atoms with van der Waals surface area (Å²) in [7, 11) is 1.14. The Morgan fingerprint density at radius 3 is 2.56 bits per heavy atom. The molecule has 1 aromatic rings. The van der Waals surface area contributed by atoms with E-state index < -0.39 is 23.8 Å². The van der Waals surface area contributed by atoms with Crippen molar-refractivity contribution < 1.29 is 32.5 Å². The molecule has 1 N–H and O–H groups in total. The number of pyridine rings is 1. The van der Waals surface area contributed by atoms with Crippen LogP contribution in [0.1, 0.15) is 15.9 Å². The van der Waals surface area contributed by atoms with Gasteiger partial charge in [0.15, 0.2) is 5.56 Å². The first-order valence-corrected chi connectivity index (χ1v) is 5.53. The lowest BCUT2D eigenvalue weighted by atomic mass is 10.2. The largest absolute Gasteiger partial charge is 0.574 e. The minimum Gasteiger partial charge on any atom is -0.495 e. The van der Waals surface area contributed by atoms with E-state index in [4.69, 9.17) is 9.84 Å². The van der Waals surface area contributed by atoms with E-state index in [1.807, 2.05) is 0 Å². The van der Waals surface area contributed by atoms with Gasteiger partial charge in [0.1, 0.15) is 5.75 Å². The van der Waals surface area contributed by atoms with Crippen molar-refractivity contribution >= 4 is 21.9 Å². The van der Waals surface area contributed by atoms with E-state index in [0.29, 0.717) is 5.56 Å². The first kappa shape index (κ1) is 14.6. The molecule has 0 atom stereocenters. The maximum atomic E-state index is 12.1. The second-order valence-corrected chi connectivity index (χ2v) is 3.54. The number of methoxy groups -OCH3 is 1. The van der Waals surface area contributed by atoms with Crippen molar-refractivity contribution in [3.63, 3.8) is 0 Å². The van der Waals surface area contributed by atoms with Crippen molar-refractivity contribution in [3.8, 4) is 11.6 Å². The highest BCUT2D eigenvalue weighted by Gasteiger charge is 2.35. The first-order chi connectivity index (χ1) is 8.30. The van der Waals surface area contributed by atoms with Gasteiger partial charge >= 0.3 is 12.3 Å². The molecule has 0 fully saturated rings. The zero-order valence-electron chi connectivity index (χ0n) is 8.92. The van der Waals surface area contributed by atoms with Crippen molar-refractivity contribution in [1.82, 2.24) is 4.98 Å². The lowest BCUT2D eigenvalue weighted by Gasteiger charge is -2.14. The smallest absolute Gasteiger partial charge is 0.495 e. The van der Waals surface area contributed by atoms with Crippen LogP contribution in [-0.4, -0.2) is 29.5 Å². The van der Waals surface area contributed by atoms with Crippen LogP contribution in [0.4, 0.5) is 13.2 Å². The van der Waals surface area contributed by atoms with Crippen LogP contribution in [0.5, 0.6) is 11.6 Å². The molecule has 18 heavy (non-hydrogen) atoms. The number of alkyl halides is 4. The fourth-order valence-corrected chi connectivity index (χ4v) is 1.62. The van der Waals surface area contributed by atoms with E-state index in [2.05, 4.69) is 25.7 Å². The maximum absolute atomic E-state index is 12.1. The molecule has 0 saturated carbocycles. The second-order valence-electron chi connectivity index (χ2n) is 2.98. The lowest BCUT2D eigenvalue weighted by Crippen LogP contribution is -2.20. The van der Waals surface area contributed by atoms with Gasteiger partial charge in [-0.15, -0.1) is 13.2 Å². The van der Waals surface area contributed by atoms with Crippen molar-refractivity contribution in [3.05, 3.63) is 17.3 Å². The Labute approximate surface area is 108 Å². The van der Waals surface area contributed by atoms with Crippen molar-refractivity contribution in [2.24, 2.45) is 0 Å². The Morgan fingerprint density at radius 2 is 2.17 bits per heavy atom. The number of hydrogen-bond donors (Lipinski definition) is 1. The summed E-state index contributed by atoms with van der Waals surface area (Å²) in [6.07, 6.45) is -3.99. The van der Waals surface area contributed by atoms with Gasteiger partial charge in [0.2, 0.25) is 5.88 Å². The molecule has 5 nitrogen and oxygen atoms in total. The molecule has 0 spiro atoms. The second kappa shape index (κ2) is 5.42. The van der Waals surface area contributed by atoms with Gasteiger partial charge in [-0.1, -0.05) is 15.9 Å². The standard InChI is InChI=1S/C9H7BrF3NO4/c1-17-6-4(2-10)3-14-7(5(6)8(15)16)18-9(11,12)13/h3H,2H2,1H3,(H,15,16). The molecule has 1 rings (SSSR count). The average Bonchev–Trinajstić information content (AvgIpc) is 2.25. The topological polar surface area (TPSA) is 68.7 Å². The third-order valence-electron chi connectivity index (χ3n) is 1.84. The molecular formula is C9H7BrF3NO4. The van der Waals surface area contributed by atoms with Gasteiger partial charge in [0.25, 0.3) is 0 Å². The molecule has 1 heterocycles. The lowest BCUT2D eigenvalue weighted by molar-refractivity contribution is -0.276. The van der Waals surface area contributed by atoms with Crippen LogP contribution in [-0.2, 0) is 5.33 Å². The molecule has 0 bridgehead atoms. The van der Waals surface area contributed by atoms with Gasteiger partial charge in [0, 0.05) is 17.1 Å². The van der Waals surface area contributed by atoms with Crippen LogP contribution < -0.4 is 9.47 Å². The Bertz CT molecular complexity index is 464. The van der Waals surface area contributed by atoms with E-state index in [1.165, 1.54) is 0 Å². The fraction of sp³-hybridized carbons (Fsp3) is 0.333. The number of aromatic carboxylic acids is 1. The van der Waals surface area contributed by atoms with Crippen molar-refractivity contribution in [1.29, 1.82) is 0 Å². The number of carboxylic acids is 1. The minimum atomic E-state index is -5.03. The van der Waals surface area contributed by atoms with E-state index in [9.17, 15) is 18.0 Å². The molecule has 0 saturated heterocycles. The maximum Gasteiger partial charge on any atom is 0.574 e. The minimum absolute atomic E-state index is 0.176. The normalized spacial score (nSPS) is 11.2. The summed E-state index contributed by atoms with van der Waals surface area (Å²) in [6.45, 7) is 0. The SMILES string of the molecule is COc1c(CBr)cnc(OC(F)(F)F)c1C(=O)O. The van der Waals surface area contributed by atoms with Gasteiger partial charge in [-0.2, -0.15) is 0 Å². The quantitative estimate of drug-likeness (QED) is 0.860. The number of rotatable bonds is 4. The van der Waals surface area contributed by atoms with E-state index >= 15 is 0 Å². The highest BCUT2D eigenvalue weighted by atomic mass is 79.9. The number of nitrogens with zero attached hydrogens (tertiary/aromatic N) is 1. The summed E-state index contributed by atoms with van der Waals surface area (Å²) < 4.78 is 44.6. The molecule has 0 amide bonds. The number of ether oxygens (including phenoxy) is 2. The first-order valence-electron chi connectivity index (χ1n) is 4.41. The molecule has 0 radical (unpaired) electrons. The van der Waals surface area contributed by atoms with Crippen LogP contribution in [0, 0.1) is 0 Å². The number of halogens is 4.